The number of hydrogen-bond donors (Lipinski definition) is 1. The summed E-state index contributed by atoms with van der Waals surface area (Å²) in [5, 5.41) is 11.2. The van der Waals surface area contributed by atoms with E-state index >= 15 is 0 Å². The zero-order valence-corrected chi connectivity index (χ0v) is 25.4. The fraction of sp³-hybridized carbons (Fsp3) is 0.700. The van der Waals surface area contributed by atoms with Gasteiger partial charge in [-0.2, -0.15) is 0 Å². The fourth-order valence-corrected chi connectivity index (χ4v) is 6.07. The summed E-state index contributed by atoms with van der Waals surface area (Å²) in [5.41, 5.74) is 0.229. The van der Waals surface area contributed by atoms with Crippen LogP contribution in [-0.4, -0.2) is 51.9 Å². The molecule has 1 aliphatic rings. The Labute approximate surface area is 225 Å². The molecule has 0 spiro atoms. The number of carbonyl (C=O) groups is 1. The highest BCUT2D eigenvalue weighted by molar-refractivity contribution is 6.74. The van der Waals surface area contributed by atoms with Crippen molar-refractivity contribution < 1.29 is 28.5 Å². The van der Waals surface area contributed by atoms with E-state index in [9.17, 15) is 9.90 Å². The number of methoxy groups -OCH3 is 2. The molecule has 1 aromatic carbocycles. The highest BCUT2D eigenvalue weighted by Crippen LogP contribution is 2.39. The van der Waals surface area contributed by atoms with Crippen molar-refractivity contribution in [3.05, 3.63) is 35.9 Å². The maximum atomic E-state index is 12.0. The lowest BCUT2D eigenvalue weighted by Gasteiger charge is -2.39. The lowest BCUT2D eigenvalue weighted by atomic mass is 9.76. The van der Waals surface area contributed by atoms with Crippen LogP contribution < -0.4 is 9.47 Å². The smallest absolute Gasteiger partial charge is 0.308 e. The second-order valence-corrected chi connectivity index (χ2v) is 16.7. The second kappa shape index (κ2) is 13.8. The maximum Gasteiger partial charge on any atom is 0.308 e. The summed E-state index contributed by atoms with van der Waals surface area (Å²) in [4.78, 5) is 12.0. The number of rotatable bonds is 13. The molecular formula is C30H50O6Si. The van der Waals surface area contributed by atoms with E-state index in [-0.39, 0.29) is 29.5 Å². The largest absolute Gasteiger partial charge is 0.493 e. The van der Waals surface area contributed by atoms with Gasteiger partial charge in [0.25, 0.3) is 0 Å². The van der Waals surface area contributed by atoms with E-state index < -0.39 is 13.9 Å². The standard InChI is InChI=1S/C30H50O6Si/c1-9-35-28(31)22-30(32)19-11-13-24(21-30)15-17-25(36-37(7,8)29(2,3)4)14-10-12-23-16-18-26(33-5)27(20-23)34-6/h15-18,20,24-25,32H,9-14,19,21-22H2,1-8H3/b17-15+. The van der Waals surface area contributed by atoms with Gasteiger partial charge < -0.3 is 23.7 Å². The normalized spacial score (nSPS) is 21.6. The van der Waals surface area contributed by atoms with E-state index in [1.807, 2.05) is 12.1 Å². The Kier molecular flexibility index (Phi) is 11.7. The van der Waals surface area contributed by atoms with Gasteiger partial charge in [-0.15, -0.1) is 0 Å². The van der Waals surface area contributed by atoms with E-state index in [0.717, 1.165) is 43.6 Å². The summed E-state index contributed by atoms with van der Waals surface area (Å²) in [5.74, 6) is 1.40. The third-order valence-corrected chi connectivity index (χ3v) is 12.4. The molecule has 2 rings (SSSR count). The molecule has 1 aromatic rings. The Balaban J connectivity index is 2.09. The third-order valence-electron chi connectivity index (χ3n) is 7.89. The fourth-order valence-electron chi connectivity index (χ4n) is 4.77. The first-order valence-corrected chi connectivity index (χ1v) is 16.7. The van der Waals surface area contributed by atoms with E-state index in [1.165, 1.54) is 5.56 Å². The summed E-state index contributed by atoms with van der Waals surface area (Å²) < 4.78 is 22.8. The van der Waals surface area contributed by atoms with Crippen LogP contribution in [0.3, 0.4) is 0 Å². The second-order valence-electron chi connectivity index (χ2n) is 11.9. The summed E-state index contributed by atoms with van der Waals surface area (Å²) in [6, 6.07) is 6.09. The number of aliphatic hydroxyl groups is 1. The first-order valence-electron chi connectivity index (χ1n) is 13.8. The van der Waals surface area contributed by atoms with Gasteiger partial charge in [0.05, 0.1) is 39.0 Å². The Morgan fingerprint density at radius 1 is 1.22 bits per heavy atom. The van der Waals surface area contributed by atoms with E-state index in [1.54, 1.807) is 21.1 Å². The Morgan fingerprint density at radius 2 is 1.92 bits per heavy atom. The van der Waals surface area contributed by atoms with Crippen LogP contribution in [0.2, 0.25) is 18.1 Å². The minimum absolute atomic E-state index is 0.0149. The third kappa shape index (κ3) is 9.77. The topological polar surface area (TPSA) is 74.2 Å². The summed E-state index contributed by atoms with van der Waals surface area (Å²) >= 11 is 0. The first-order chi connectivity index (χ1) is 17.3. The minimum Gasteiger partial charge on any atom is -0.493 e. The zero-order chi connectivity index (χ0) is 27.7. The molecule has 1 aliphatic carbocycles. The van der Waals surface area contributed by atoms with Crippen LogP contribution in [0.4, 0.5) is 0 Å². The molecule has 7 heteroatoms. The van der Waals surface area contributed by atoms with Gasteiger partial charge in [0.2, 0.25) is 0 Å². The summed E-state index contributed by atoms with van der Waals surface area (Å²) in [6.07, 6.45) is 10.5. The highest BCUT2D eigenvalue weighted by atomic mass is 28.4. The molecule has 3 atom stereocenters. The van der Waals surface area contributed by atoms with Crippen molar-refractivity contribution in [1.29, 1.82) is 0 Å². The van der Waals surface area contributed by atoms with Gasteiger partial charge in [-0.25, -0.2) is 0 Å². The van der Waals surface area contributed by atoms with Gasteiger partial charge in [-0.05, 0) is 93.6 Å². The minimum atomic E-state index is -1.97. The van der Waals surface area contributed by atoms with Crippen LogP contribution in [0.25, 0.3) is 0 Å². The predicted molar refractivity (Wildman–Crippen MR) is 152 cm³/mol. The van der Waals surface area contributed by atoms with Crippen LogP contribution in [0.15, 0.2) is 30.4 Å². The summed E-state index contributed by atoms with van der Waals surface area (Å²) in [6.45, 7) is 13.5. The molecule has 0 bridgehead atoms. The predicted octanol–water partition coefficient (Wildman–Crippen LogP) is 6.85. The van der Waals surface area contributed by atoms with Crippen molar-refractivity contribution in [2.24, 2.45) is 5.92 Å². The van der Waals surface area contributed by atoms with Gasteiger partial charge in [-0.3, -0.25) is 4.79 Å². The van der Waals surface area contributed by atoms with Crippen LogP contribution in [0.5, 0.6) is 11.5 Å². The molecule has 0 radical (unpaired) electrons. The molecule has 210 valence electrons. The van der Waals surface area contributed by atoms with Crippen LogP contribution in [0, 0.1) is 5.92 Å². The lowest BCUT2D eigenvalue weighted by Crippen LogP contribution is -2.43. The van der Waals surface area contributed by atoms with Gasteiger partial charge in [0.15, 0.2) is 19.8 Å². The molecule has 0 heterocycles. The van der Waals surface area contributed by atoms with E-state index in [0.29, 0.717) is 19.4 Å². The van der Waals surface area contributed by atoms with Gasteiger partial charge >= 0.3 is 5.97 Å². The number of benzene rings is 1. The van der Waals surface area contributed by atoms with Crippen LogP contribution >= 0.6 is 0 Å². The Morgan fingerprint density at radius 3 is 2.54 bits per heavy atom. The SMILES string of the molecule is CCOC(=O)CC1(O)CCCC(/C=C/C(CCCc2ccc(OC)c(OC)c2)O[Si](C)(C)C(C)(C)C)C1. The zero-order valence-electron chi connectivity index (χ0n) is 24.4. The number of carbonyl (C=O) groups excluding carboxylic acids is 1. The van der Waals surface area contributed by atoms with Gasteiger partial charge in [-0.1, -0.05) is 39.0 Å². The molecule has 0 aliphatic heterocycles. The van der Waals surface area contributed by atoms with Crippen molar-refractivity contribution in [2.75, 3.05) is 20.8 Å². The number of aryl methyl sites for hydroxylation is 1. The van der Waals surface area contributed by atoms with Gasteiger partial charge in [0.1, 0.15) is 0 Å². The molecule has 1 saturated carbocycles. The van der Waals surface area contributed by atoms with Crippen molar-refractivity contribution in [3.63, 3.8) is 0 Å². The van der Waals surface area contributed by atoms with Crippen LogP contribution in [-0.2, 0) is 20.4 Å². The number of esters is 1. The molecule has 3 unspecified atom stereocenters. The highest BCUT2D eigenvalue weighted by Gasteiger charge is 2.39. The quantitative estimate of drug-likeness (QED) is 0.169. The van der Waals surface area contributed by atoms with Crippen molar-refractivity contribution in [3.8, 4) is 11.5 Å². The monoisotopic (exact) mass is 534 g/mol. The molecule has 0 aromatic heterocycles. The molecule has 37 heavy (non-hydrogen) atoms. The van der Waals surface area contributed by atoms with E-state index in [2.05, 4.69) is 52.1 Å². The van der Waals surface area contributed by atoms with Crippen molar-refractivity contribution in [1.82, 2.24) is 0 Å². The van der Waals surface area contributed by atoms with Crippen molar-refractivity contribution in [2.45, 2.75) is 109 Å². The first kappa shape index (κ1) is 31.4. The molecule has 0 amide bonds. The number of allylic oxidation sites excluding steroid dienone is 1. The maximum absolute atomic E-state index is 12.0. The molecular weight excluding hydrogens is 484 g/mol. The molecule has 0 saturated heterocycles. The Bertz CT molecular complexity index is 891. The lowest BCUT2D eigenvalue weighted by molar-refractivity contribution is -0.150. The average Bonchev–Trinajstić information content (AvgIpc) is 2.81. The molecule has 1 N–H and O–H groups in total. The average molecular weight is 535 g/mol. The molecule has 6 nitrogen and oxygen atoms in total. The van der Waals surface area contributed by atoms with E-state index in [4.69, 9.17) is 18.6 Å². The van der Waals surface area contributed by atoms with Crippen LogP contribution in [0.1, 0.15) is 78.2 Å². The summed E-state index contributed by atoms with van der Waals surface area (Å²) in [7, 11) is 1.34. The number of ether oxygens (including phenoxy) is 3. The van der Waals surface area contributed by atoms with Crippen molar-refractivity contribution >= 4 is 14.3 Å². The van der Waals surface area contributed by atoms with Gasteiger partial charge in [0, 0.05) is 0 Å². The number of hydrogen-bond acceptors (Lipinski definition) is 6. The molecule has 1 fully saturated rings. The Hall–Kier alpha value is -1.83.